The number of nitrogens with zero attached hydrogens (tertiary/aromatic N) is 3. The lowest BCUT2D eigenvalue weighted by Gasteiger charge is -2.12. The van der Waals surface area contributed by atoms with Gasteiger partial charge in [0.25, 0.3) is 11.2 Å². The maximum atomic E-state index is 12.3. The van der Waals surface area contributed by atoms with E-state index in [2.05, 4.69) is 10.4 Å². The standard InChI is InChI=1S/C20H18N4O6/c1-29-15-7-8-16(18(11-15)30-2)17-9-10-20(26)23(22-17)12-19(25)21-13-3-5-14(6-4-13)24(27)28/h3-11H,12H2,1-2H3,(H,21,25). The third-order valence-corrected chi connectivity index (χ3v) is 4.21. The number of nitrogens with one attached hydrogen (secondary N) is 1. The van der Waals surface area contributed by atoms with Crippen molar-refractivity contribution in [1.82, 2.24) is 9.78 Å². The summed E-state index contributed by atoms with van der Waals surface area (Å²) in [5, 5.41) is 17.5. The third kappa shape index (κ3) is 4.61. The second kappa shape index (κ2) is 8.86. The number of aromatic nitrogens is 2. The molecule has 0 unspecified atom stereocenters. The molecule has 3 aromatic rings. The second-order valence-corrected chi connectivity index (χ2v) is 6.13. The van der Waals surface area contributed by atoms with Crippen molar-refractivity contribution in [1.29, 1.82) is 0 Å². The molecule has 0 saturated heterocycles. The first-order valence-electron chi connectivity index (χ1n) is 8.76. The number of nitro groups is 1. The number of ether oxygens (including phenoxy) is 2. The Morgan fingerprint density at radius 3 is 2.47 bits per heavy atom. The van der Waals surface area contributed by atoms with Crippen LogP contribution in [0.1, 0.15) is 0 Å². The van der Waals surface area contributed by atoms with Crippen molar-refractivity contribution < 1.29 is 19.2 Å². The first-order valence-corrected chi connectivity index (χ1v) is 8.76. The zero-order chi connectivity index (χ0) is 21.7. The molecule has 1 amide bonds. The van der Waals surface area contributed by atoms with Crippen molar-refractivity contribution in [2.45, 2.75) is 6.54 Å². The number of carbonyl (C=O) groups excluding carboxylic acids is 1. The number of rotatable bonds is 7. The average molecular weight is 410 g/mol. The van der Waals surface area contributed by atoms with Crippen molar-refractivity contribution in [2.24, 2.45) is 0 Å². The van der Waals surface area contributed by atoms with E-state index in [-0.39, 0.29) is 12.2 Å². The van der Waals surface area contributed by atoms with Gasteiger partial charge in [0.1, 0.15) is 18.0 Å². The summed E-state index contributed by atoms with van der Waals surface area (Å²) in [5.74, 6) is 0.603. The molecular weight excluding hydrogens is 392 g/mol. The summed E-state index contributed by atoms with van der Waals surface area (Å²) in [4.78, 5) is 34.6. The fourth-order valence-electron chi connectivity index (χ4n) is 2.72. The van der Waals surface area contributed by atoms with Gasteiger partial charge in [-0.3, -0.25) is 19.7 Å². The van der Waals surface area contributed by atoms with Crippen LogP contribution in [0.15, 0.2) is 59.4 Å². The second-order valence-electron chi connectivity index (χ2n) is 6.13. The predicted octanol–water partition coefficient (Wildman–Crippen LogP) is 2.47. The number of hydrogen-bond donors (Lipinski definition) is 1. The van der Waals surface area contributed by atoms with Gasteiger partial charge in [-0.1, -0.05) is 0 Å². The van der Waals surface area contributed by atoms with E-state index >= 15 is 0 Å². The number of anilines is 1. The van der Waals surface area contributed by atoms with Crippen molar-refractivity contribution in [2.75, 3.05) is 19.5 Å². The summed E-state index contributed by atoms with van der Waals surface area (Å²) in [6.45, 7) is -0.331. The Morgan fingerprint density at radius 1 is 1.10 bits per heavy atom. The molecule has 154 valence electrons. The molecule has 10 heteroatoms. The van der Waals surface area contributed by atoms with Gasteiger partial charge in [0.2, 0.25) is 5.91 Å². The van der Waals surface area contributed by atoms with Crippen LogP contribution in [-0.4, -0.2) is 34.8 Å². The fraction of sp³-hybridized carbons (Fsp3) is 0.150. The zero-order valence-electron chi connectivity index (χ0n) is 16.2. The van der Waals surface area contributed by atoms with Gasteiger partial charge in [-0.15, -0.1) is 0 Å². The van der Waals surface area contributed by atoms with Gasteiger partial charge < -0.3 is 14.8 Å². The maximum Gasteiger partial charge on any atom is 0.269 e. The van der Waals surface area contributed by atoms with Crippen molar-refractivity contribution in [3.63, 3.8) is 0 Å². The molecule has 0 spiro atoms. The van der Waals surface area contributed by atoms with Crippen molar-refractivity contribution >= 4 is 17.3 Å². The number of nitro benzene ring substituents is 1. The topological polar surface area (TPSA) is 126 Å². The van der Waals surface area contributed by atoms with Crippen LogP contribution in [0.5, 0.6) is 11.5 Å². The summed E-state index contributed by atoms with van der Waals surface area (Å²) >= 11 is 0. The lowest BCUT2D eigenvalue weighted by atomic mass is 10.1. The molecule has 0 bridgehead atoms. The molecule has 1 aromatic heterocycles. The van der Waals surface area contributed by atoms with Crippen LogP contribution in [0.4, 0.5) is 11.4 Å². The lowest BCUT2D eigenvalue weighted by Crippen LogP contribution is -2.29. The minimum atomic E-state index is -0.534. The fourth-order valence-corrected chi connectivity index (χ4v) is 2.72. The monoisotopic (exact) mass is 410 g/mol. The summed E-state index contributed by atoms with van der Waals surface area (Å²) in [5.41, 5.74) is 0.892. The number of benzene rings is 2. The Labute approximate surface area is 170 Å². The molecule has 2 aromatic carbocycles. The van der Waals surface area contributed by atoms with Gasteiger partial charge in [0.15, 0.2) is 0 Å². The lowest BCUT2D eigenvalue weighted by molar-refractivity contribution is -0.384. The number of methoxy groups -OCH3 is 2. The minimum Gasteiger partial charge on any atom is -0.497 e. The van der Waals surface area contributed by atoms with E-state index in [4.69, 9.17) is 9.47 Å². The van der Waals surface area contributed by atoms with Gasteiger partial charge in [-0.2, -0.15) is 5.10 Å². The predicted molar refractivity (Wildman–Crippen MR) is 109 cm³/mol. The van der Waals surface area contributed by atoms with E-state index < -0.39 is 16.4 Å². The van der Waals surface area contributed by atoms with Crippen LogP contribution in [0.2, 0.25) is 0 Å². The highest BCUT2D eigenvalue weighted by Gasteiger charge is 2.13. The third-order valence-electron chi connectivity index (χ3n) is 4.21. The molecule has 1 heterocycles. The largest absolute Gasteiger partial charge is 0.497 e. The number of amides is 1. The highest BCUT2D eigenvalue weighted by atomic mass is 16.6. The minimum absolute atomic E-state index is 0.0907. The molecular formula is C20H18N4O6. The van der Waals surface area contributed by atoms with Gasteiger partial charge >= 0.3 is 0 Å². The molecule has 0 aliphatic carbocycles. The number of non-ortho nitro benzene ring substituents is 1. The smallest absolute Gasteiger partial charge is 0.269 e. The van der Waals surface area contributed by atoms with Crippen molar-refractivity contribution in [3.8, 4) is 22.8 Å². The highest BCUT2D eigenvalue weighted by Crippen LogP contribution is 2.31. The summed E-state index contributed by atoms with van der Waals surface area (Å²) < 4.78 is 11.6. The molecule has 10 nitrogen and oxygen atoms in total. The van der Waals surface area contributed by atoms with Crippen LogP contribution in [-0.2, 0) is 11.3 Å². The molecule has 0 fully saturated rings. The van der Waals surface area contributed by atoms with Crippen LogP contribution < -0.4 is 20.3 Å². The molecule has 0 radical (unpaired) electrons. The van der Waals surface area contributed by atoms with E-state index in [1.54, 1.807) is 18.2 Å². The van der Waals surface area contributed by atoms with E-state index in [9.17, 15) is 19.7 Å². The quantitative estimate of drug-likeness (QED) is 0.468. The molecule has 0 saturated carbocycles. The maximum absolute atomic E-state index is 12.3. The molecule has 0 atom stereocenters. The van der Waals surface area contributed by atoms with Crippen LogP contribution in [0, 0.1) is 10.1 Å². The Balaban J connectivity index is 1.81. The highest BCUT2D eigenvalue weighted by molar-refractivity contribution is 5.90. The normalized spacial score (nSPS) is 10.3. The van der Waals surface area contributed by atoms with Gasteiger partial charge in [0.05, 0.1) is 24.8 Å². The van der Waals surface area contributed by atoms with Crippen LogP contribution in [0.25, 0.3) is 11.3 Å². The SMILES string of the molecule is COc1ccc(-c2ccc(=O)n(CC(=O)Nc3ccc([N+](=O)[O-])cc3)n2)c(OC)c1. The molecule has 1 N–H and O–H groups in total. The summed E-state index contributed by atoms with van der Waals surface area (Å²) in [7, 11) is 3.04. The number of hydrogen-bond acceptors (Lipinski definition) is 7. The molecule has 3 rings (SSSR count). The van der Waals surface area contributed by atoms with Crippen LogP contribution in [0.3, 0.4) is 0 Å². The first-order chi connectivity index (χ1) is 14.4. The first kappa shape index (κ1) is 20.5. The van der Waals surface area contributed by atoms with E-state index in [0.717, 1.165) is 4.68 Å². The number of carbonyl (C=O) groups is 1. The zero-order valence-corrected chi connectivity index (χ0v) is 16.2. The molecule has 0 aliphatic rings. The summed E-state index contributed by atoms with van der Waals surface area (Å²) in [6.07, 6.45) is 0. The summed E-state index contributed by atoms with van der Waals surface area (Å²) in [6, 6.07) is 13.4. The van der Waals surface area contributed by atoms with Gasteiger partial charge in [-0.25, -0.2) is 4.68 Å². The average Bonchev–Trinajstić information content (AvgIpc) is 2.75. The van der Waals surface area contributed by atoms with E-state index in [1.165, 1.54) is 50.6 Å². The molecule has 0 aliphatic heterocycles. The van der Waals surface area contributed by atoms with Crippen molar-refractivity contribution in [3.05, 3.63) is 75.1 Å². The van der Waals surface area contributed by atoms with E-state index in [0.29, 0.717) is 28.4 Å². The van der Waals surface area contributed by atoms with E-state index in [1.807, 2.05) is 0 Å². The Morgan fingerprint density at radius 2 is 1.83 bits per heavy atom. The molecule has 30 heavy (non-hydrogen) atoms. The Bertz CT molecular complexity index is 1140. The van der Waals surface area contributed by atoms with Gasteiger partial charge in [0, 0.05) is 35.5 Å². The Kier molecular flexibility index (Phi) is 6.06. The Hall–Kier alpha value is -4.21. The van der Waals surface area contributed by atoms with Crippen LogP contribution >= 0.6 is 0 Å². The van der Waals surface area contributed by atoms with Gasteiger partial charge in [-0.05, 0) is 30.3 Å².